The Balaban J connectivity index is 1.83. The van der Waals surface area contributed by atoms with E-state index in [0.29, 0.717) is 24.4 Å². The summed E-state index contributed by atoms with van der Waals surface area (Å²) in [6.07, 6.45) is 0. The highest BCUT2D eigenvalue weighted by molar-refractivity contribution is 7.89. The first-order valence-electron chi connectivity index (χ1n) is 8.08. The van der Waals surface area contributed by atoms with Gasteiger partial charge in [0.25, 0.3) is 5.91 Å². The standard InChI is InChI=1S/C16H25N3O4S/c1-3-18-8-10-19(11-9-18)24(21,22)12-7-17-16(20)14-5-4-6-15(13-14)23-2/h4-6,13H,3,7-12H2,1-2H3,(H,17,20). The third kappa shape index (κ3) is 4.93. The largest absolute Gasteiger partial charge is 0.497 e. The van der Waals surface area contributed by atoms with E-state index in [-0.39, 0.29) is 18.2 Å². The molecule has 24 heavy (non-hydrogen) atoms. The van der Waals surface area contributed by atoms with Gasteiger partial charge in [-0.25, -0.2) is 8.42 Å². The number of methoxy groups -OCH3 is 1. The second kappa shape index (κ2) is 8.46. The maximum atomic E-state index is 12.3. The molecule has 0 aliphatic carbocycles. The highest BCUT2D eigenvalue weighted by Crippen LogP contribution is 2.12. The quantitative estimate of drug-likeness (QED) is 0.766. The summed E-state index contributed by atoms with van der Waals surface area (Å²) in [5, 5.41) is 2.65. The van der Waals surface area contributed by atoms with E-state index in [1.807, 2.05) is 0 Å². The molecule has 1 aliphatic heterocycles. The molecular weight excluding hydrogens is 330 g/mol. The van der Waals surface area contributed by atoms with Crippen LogP contribution in [0, 0.1) is 0 Å². The van der Waals surface area contributed by atoms with Crippen LogP contribution in [0.3, 0.4) is 0 Å². The molecule has 0 saturated carbocycles. The minimum Gasteiger partial charge on any atom is -0.497 e. The van der Waals surface area contributed by atoms with Crippen LogP contribution in [0.25, 0.3) is 0 Å². The summed E-state index contributed by atoms with van der Waals surface area (Å²) in [7, 11) is -1.81. The van der Waals surface area contributed by atoms with Crippen molar-refractivity contribution < 1.29 is 17.9 Å². The number of piperazine rings is 1. The van der Waals surface area contributed by atoms with E-state index >= 15 is 0 Å². The number of nitrogens with one attached hydrogen (secondary N) is 1. The van der Waals surface area contributed by atoms with Crippen LogP contribution in [0.4, 0.5) is 0 Å². The van der Waals surface area contributed by atoms with Gasteiger partial charge in [0.1, 0.15) is 5.75 Å². The molecule has 1 amide bonds. The van der Waals surface area contributed by atoms with Crippen molar-refractivity contribution in [2.45, 2.75) is 6.92 Å². The number of benzene rings is 1. The van der Waals surface area contributed by atoms with Gasteiger partial charge in [-0.2, -0.15) is 4.31 Å². The van der Waals surface area contributed by atoms with E-state index in [1.54, 1.807) is 24.3 Å². The zero-order valence-corrected chi connectivity index (χ0v) is 15.0. The first-order valence-corrected chi connectivity index (χ1v) is 9.69. The van der Waals surface area contributed by atoms with Gasteiger partial charge in [0.05, 0.1) is 12.9 Å². The van der Waals surface area contributed by atoms with Crippen LogP contribution >= 0.6 is 0 Å². The Morgan fingerprint density at radius 2 is 1.96 bits per heavy atom. The Morgan fingerprint density at radius 1 is 1.25 bits per heavy atom. The van der Waals surface area contributed by atoms with Crippen LogP contribution in [0.15, 0.2) is 24.3 Å². The van der Waals surface area contributed by atoms with Gasteiger partial charge in [0, 0.05) is 38.3 Å². The van der Waals surface area contributed by atoms with E-state index in [9.17, 15) is 13.2 Å². The van der Waals surface area contributed by atoms with Crippen LogP contribution in [0.1, 0.15) is 17.3 Å². The molecular formula is C16H25N3O4S. The highest BCUT2D eigenvalue weighted by atomic mass is 32.2. The van der Waals surface area contributed by atoms with E-state index in [0.717, 1.165) is 19.6 Å². The minimum atomic E-state index is -3.34. The number of hydrogen-bond donors (Lipinski definition) is 1. The normalized spacial score (nSPS) is 16.8. The Bertz CT molecular complexity index is 655. The summed E-state index contributed by atoms with van der Waals surface area (Å²) in [6.45, 7) is 5.63. The number of nitrogens with zero attached hydrogens (tertiary/aromatic N) is 2. The lowest BCUT2D eigenvalue weighted by Gasteiger charge is -2.33. The molecule has 1 saturated heterocycles. The van der Waals surface area contributed by atoms with Gasteiger partial charge in [-0.05, 0) is 24.7 Å². The number of likely N-dealkylation sites (N-methyl/N-ethyl adjacent to an activating group) is 1. The molecule has 2 rings (SSSR count). The van der Waals surface area contributed by atoms with Crippen LogP contribution in [-0.2, 0) is 10.0 Å². The Morgan fingerprint density at radius 3 is 2.58 bits per heavy atom. The second-order valence-corrected chi connectivity index (χ2v) is 7.73. The number of rotatable bonds is 7. The zero-order valence-electron chi connectivity index (χ0n) is 14.2. The summed E-state index contributed by atoms with van der Waals surface area (Å²) >= 11 is 0. The maximum Gasteiger partial charge on any atom is 0.251 e. The molecule has 7 nitrogen and oxygen atoms in total. The zero-order chi connectivity index (χ0) is 17.6. The van der Waals surface area contributed by atoms with Gasteiger partial charge in [-0.3, -0.25) is 4.79 Å². The number of carbonyl (C=O) groups is 1. The van der Waals surface area contributed by atoms with E-state index < -0.39 is 10.0 Å². The van der Waals surface area contributed by atoms with Crippen molar-refractivity contribution in [1.29, 1.82) is 0 Å². The number of hydrogen-bond acceptors (Lipinski definition) is 5. The molecule has 1 aromatic rings. The molecule has 8 heteroatoms. The van der Waals surface area contributed by atoms with Crippen LogP contribution in [0.2, 0.25) is 0 Å². The van der Waals surface area contributed by atoms with Crippen molar-refractivity contribution in [2.24, 2.45) is 0 Å². The number of carbonyl (C=O) groups excluding carboxylic acids is 1. The van der Waals surface area contributed by atoms with Gasteiger partial charge in [-0.15, -0.1) is 0 Å². The molecule has 1 fully saturated rings. The van der Waals surface area contributed by atoms with Gasteiger partial charge in [0.15, 0.2) is 0 Å². The fourth-order valence-corrected chi connectivity index (χ4v) is 3.95. The second-order valence-electron chi connectivity index (χ2n) is 5.64. The molecule has 0 bridgehead atoms. The number of sulfonamides is 1. The van der Waals surface area contributed by atoms with Crippen molar-refractivity contribution in [1.82, 2.24) is 14.5 Å². The Labute approximate surface area is 143 Å². The molecule has 1 N–H and O–H groups in total. The lowest BCUT2D eigenvalue weighted by atomic mass is 10.2. The number of ether oxygens (including phenoxy) is 1. The first kappa shape index (κ1) is 18.7. The van der Waals surface area contributed by atoms with Gasteiger partial charge in [0.2, 0.25) is 10.0 Å². The molecule has 134 valence electrons. The number of amides is 1. The minimum absolute atomic E-state index is 0.0885. The maximum absolute atomic E-state index is 12.3. The summed E-state index contributed by atoms with van der Waals surface area (Å²) in [5.41, 5.74) is 0.448. The lowest BCUT2D eigenvalue weighted by molar-refractivity contribution is 0.0955. The fourth-order valence-electron chi connectivity index (χ4n) is 2.61. The fraction of sp³-hybridized carbons (Fsp3) is 0.562. The van der Waals surface area contributed by atoms with Crippen molar-refractivity contribution in [3.63, 3.8) is 0 Å². The third-order valence-corrected chi connectivity index (χ3v) is 6.02. The monoisotopic (exact) mass is 355 g/mol. The van der Waals surface area contributed by atoms with Crippen LogP contribution in [-0.4, -0.2) is 75.7 Å². The Hall–Kier alpha value is -1.64. The molecule has 0 unspecified atom stereocenters. The SMILES string of the molecule is CCN1CCN(S(=O)(=O)CCNC(=O)c2cccc(OC)c2)CC1. The summed E-state index contributed by atoms with van der Waals surface area (Å²) in [5.74, 6) is 0.193. The molecule has 1 heterocycles. The van der Waals surface area contributed by atoms with E-state index in [2.05, 4.69) is 17.1 Å². The average Bonchev–Trinajstić information content (AvgIpc) is 2.61. The first-order chi connectivity index (χ1) is 11.5. The van der Waals surface area contributed by atoms with Gasteiger partial charge >= 0.3 is 0 Å². The average molecular weight is 355 g/mol. The Kier molecular flexibility index (Phi) is 6.59. The summed E-state index contributed by atoms with van der Waals surface area (Å²) in [4.78, 5) is 14.3. The molecule has 0 radical (unpaired) electrons. The molecule has 0 spiro atoms. The molecule has 1 aliphatic rings. The lowest BCUT2D eigenvalue weighted by Crippen LogP contribution is -2.49. The van der Waals surface area contributed by atoms with Gasteiger partial charge in [-0.1, -0.05) is 13.0 Å². The van der Waals surface area contributed by atoms with Crippen LogP contribution < -0.4 is 10.1 Å². The predicted octanol–water partition coefficient (Wildman–Crippen LogP) is 0.392. The van der Waals surface area contributed by atoms with Crippen molar-refractivity contribution in [3.05, 3.63) is 29.8 Å². The van der Waals surface area contributed by atoms with E-state index in [4.69, 9.17) is 4.74 Å². The summed E-state index contributed by atoms with van der Waals surface area (Å²) < 4.78 is 31.3. The van der Waals surface area contributed by atoms with Crippen molar-refractivity contribution >= 4 is 15.9 Å². The third-order valence-electron chi connectivity index (χ3n) is 4.15. The summed E-state index contributed by atoms with van der Waals surface area (Å²) in [6, 6.07) is 6.75. The van der Waals surface area contributed by atoms with Crippen molar-refractivity contribution in [2.75, 3.05) is 52.1 Å². The molecule has 0 aromatic heterocycles. The smallest absolute Gasteiger partial charge is 0.251 e. The molecule has 0 atom stereocenters. The van der Waals surface area contributed by atoms with Crippen LogP contribution in [0.5, 0.6) is 5.75 Å². The van der Waals surface area contributed by atoms with Gasteiger partial charge < -0.3 is 15.0 Å². The molecule has 1 aromatic carbocycles. The van der Waals surface area contributed by atoms with Crippen molar-refractivity contribution in [3.8, 4) is 5.75 Å². The highest BCUT2D eigenvalue weighted by Gasteiger charge is 2.26. The topological polar surface area (TPSA) is 79.0 Å². The van der Waals surface area contributed by atoms with E-state index in [1.165, 1.54) is 11.4 Å². The predicted molar refractivity (Wildman–Crippen MR) is 92.8 cm³/mol.